The van der Waals surface area contributed by atoms with Crippen molar-refractivity contribution in [3.63, 3.8) is 0 Å². The Morgan fingerprint density at radius 3 is 2.50 bits per heavy atom. The molecule has 1 aromatic rings. The van der Waals surface area contributed by atoms with Gasteiger partial charge in [0.25, 0.3) is 0 Å². The third kappa shape index (κ3) is 4.38. The zero-order valence-electron chi connectivity index (χ0n) is 10.7. The standard InChI is InChI=1S/C11H17F3N4/c1-4-8-16-9(15-2)7-10(17-8)18(3)6-5-11(12,13)14/h7H,4-6H2,1-3H3,(H,15,16,17). The molecule has 18 heavy (non-hydrogen) atoms. The predicted molar refractivity (Wildman–Crippen MR) is 64.9 cm³/mol. The number of hydrogen-bond acceptors (Lipinski definition) is 4. The maximum absolute atomic E-state index is 12.2. The summed E-state index contributed by atoms with van der Waals surface area (Å²) in [4.78, 5) is 9.88. The summed E-state index contributed by atoms with van der Waals surface area (Å²) in [5.41, 5.74) is 0. The van der Waals surface area contributed by atoms with Crippen LogP contribution in [0.15, 0.2) is 6.07 Å². The van der Waals surface area contributed by atoms with E-state index >= 15 is 0 Å². The highest BCUT2D eigenvalue weighted by atomic mass is 19.4. The van der Waals surface area contributed by atoms with Gasteiger partial charge in [-0.1, -0.05) is 6.92 Å². The summed E-state index contributed by atoms with van der Waals surface area (Å²) in [6.07, 6.45) is -4.37. The van der Waals surface area contributed by atoms with Crippen LogP contribution in [0.2, 0.25) is 0 Å². The number of halogens is 3. The second-order valence-corrected chi connectivity index (χ2v) is 3.92. The van der Waals surface area contributed by atoms with Crippen molar-refractivity contribution in [3.05, 3.63) is 11.9 Å². The quantitative estimate of drug-likeness (QED) is 0.885. The molecular weight excluding hydrogens is 245 g/mol. The van der Waals surface area contributed by atoms with Crippen LogP contribution in [0.5, 0.6) is 0 Å². The molecule has 0 bridgehead atoms. The van der Waals surface area contributed by atoms with E-state index in [1.165, 1.54) is 4.90 Å². The lowest BCUT2D eigenvalue weighted by molar-refractivity contribution is -0.132. The number of aryl methyl sites for hydroxylation is 1. The van der Waals surface area contributed by atoms with Crippen LogP contribution >= 0.6 is 0 Å². The molecule has 1 heterocycles. The lowest BCUT2D eigenvalue weighted by Crippen LogP contribution is -2.25. The van der Waals surface area contributed by atoms with Gasteiger partial charge in [0.15, 0.2) is 0 Å². The van der Waals surface area contributed by atoms with Gasteiger partial charge in [-0.05, 0) is 0 Å². The zero-order chi connectivity index (χ0) is 13.8. The largest absolute Gasteiger partial charge is 0.390 e. The highest BCUT2D eigenvalue weighted by Crippen LogP contribution is 2.21. The van der Waals surface area contributed by atoms with Gasteiger partial charge in [0.05, 0.1) is 6.42 Å². The zero-order valence-corrected chi connectivity index (χ0v) is 10.7. The lowest BCUT2D eigenvalue weighted by atomic mass is 10.3. The van der Waals surface area contributed by atoms with Crippen LogP contribution in [0.4, 0.5) is 24.8 Å². The van der Waals surface area contributed by atoms with Gasteiger partial charge in [-0.15, -0.1) is 0 Å². The molecule has 0 atom stereocenters. The molecule has 0 aliphatic rings. The summed E-state index contributed by atoms with van der Waals surface area (Å²) >= 11 is 0. The third-order valence-electron chi connectivity index (χ3n) is 2.45. The predicted octanol–water partition coefficient (Wildman–Crippen LogP) is 2.47. The molecular formula is C11H17F3N4. The first kappa shape index (κ1) is 14.5. The summed E-state index contributed by atoms with van der Waals surface area (Å²) in [6, 6.07) is 1.63. The van der Waals surface area contributed by atoms with Gasteiger partial charge >= 0.3 is 6.18 Å². The summed E-state index contributed by atoms with van der Waals surface area (Å²) in [6.45, 7) is 1.78. The van der Waals surface area contributed by atoms with Gasteiger partial charge in [-0.25, -0.2) is 9.97 Å². The number of hydrogen-bond donors (Lipinski definition) is 1. The Morgan fingerprint density at radius 2 is 2.00 bits per heavy atom. The average Bonchev–Trinajstić information content (AvgIpc) is 2.34. The van der Waals surface area contributed by atoms with Crippen LogP contribution in [0.1, 0.15) is 19.2 Å². The normalized spacial score (nSPS) is 11.4. The Balaban J connectivity index is 2.81. The monoisotopic (exact) mass is 262 g/mol. The topological polar surface area (TPSA) is 41.1 Å². The SMILES string of the molecule is CCc1nc(NC)cc(N(C)CCC(F)(F)F)n1. The smallest absolute Gasteiger partial charge is 0.373 e. The average molecular weight is 262 g/mol. The number of rotatable bonds is 5. The van der Waals surface area contributed by atoms with E-state index in [1.807, 2.05) is 6.92 Å². The van der Waals surface area contributed by atoms with E-state index in [4.69, 9.17) is 0 Å². The van der Waals surface area contributed by atoms with Gasteiger partial charge in [-0.2, -0.15) is 13.2 Å². The number of aromatic nitrogens is 2. The number of alkyl halides is 3. The van der Waals surface area contributed by atoms with Gasteiger partial charge in [0, 0.05) is 33.1 Å². The van der Waals surface area contributed by atoms with E-state index in [9.17, 15) is 13.2 Å². The number of nitrogens with one attached hydrogen (secondary N) is 1. The summed E-state index contributed by atoms with van der Waals surface area (Å²) in [5.74, 6) is 1.71. The molecule has 7 heteroatoms. The lowest BCUT2D eigenvalue weighted by Gasteiger charge is -2.20. The van der Waals surface area contributed by atoms with Crippen molar-refractivity contribution in [2.75, 3.05) is 30.9 Å². The number of anilines is 2. The maximum atomic E-state index is 12.2. The molecule has 1 rings (SSSR count). The van der Waals surface area contributed by atoms with E-state index in [-0.39, 0.29) is 6.54 Å². The van der Waals surface area contributed by atoms with E-state index in [0.29, 0.717) is 23.9 Å². The van der Waals surface area contributed by atoms with Gasteiger partial charge in [0.2, 0.25) is 0 Å². The Hall–Kier alpha value is -1.53. The van der Waals surface area contributed by atoms with Gasteiger partial charge < -0.3 is 10.2 Å². The minimum Gasteiger partial charge on any atom is -0.373 e. The van der Waals surface area contributed by atoms with Crippen molar-refractivity contribution < 1.29 is 13.2 Å². The minimum atomic E-state index is -4.15. The van der Waals surface area contributed by atoms with Crippen LogP contribution in [0.25, 0.3) is 0 Å². The molecule has 0 radical (unpaired) electrons. The summed E-state index contributed by atoms with van der Waals surface area (Å²) in [7, 11) is 3.30. The Bertz CT molecular complexity index is 370. The van der Waals surface area contributed by atoms with E-state index in [1.54, 1.807) is 20.2 Å². The molecule has 1 N–H and O–H groups in total. The van der Waals surface area contributed by atoms with E-state index in [2.05, 4.69) is 15.3 Å². The van der Waals surface area contributed by atoms with E-state index < -0.39 is 12.6 Å². The Morgan fingerprint density at radius 1 is 1.33 bits per heavy atom. The fourth-order valence-electron chi connectivity index (χ4n) is 1.37. The Labute approximate surface area is 104 Å². The molecule has 1 aromatic heterocycles. The second-order valence-electron chi connectivity index (χ2n) is 3.92. The molecule has 102 valence electrons. The van der Waals surface area contributed by atoms with Crippen LogP contribution in [-0.2, 0) is 6.42 Å². The van der Waals surface area contributed by atoms with Crippen molar-refractivity contribution >= 4 is 11.6 Å². The first-order valence-corrected chi connectivity index (χ1v) is 5.69. The molecule has 0 amide bonds. The fourth-order valence-corrected chi connectivity index (χ4v) is 1.37. The molecule has 0 saturated carbocycles. The van der Waals surface area contributed by atoms with Crippen LogP contribution < -0.4 is 10.2 Å². The number of nitrogens with zero attached hydrogens (tertiary/aromatic N) is 3. The molecule has 0 saturated heterocycles. The molecule has 0 fully saturated rings. The third-order valence-corrected chi connectivity index (χ3v) is 2.45. The molecule has 0 aromatic carbocycles. The molecule has 0 aliphatic carbocycles. The summed E-state index contributed by atoms with van der Waals surface area (Å²) < 4.78 is 36.5. The van der Waals surface area contributed by atoms with Crippen molar-refractivity contribution in [3.8, 4) is 0 Å². The maximum Gasteiger partial charge on any atom is 0.390 e. The molecule has 0 aliphatic heterocycles. The highest BCUT2D eigenvalue weighted by Gasteiger charge is 2.27. The minimum absolute atomic E-state index is 0.118. The van der Waals surface area contributed by atoms with E-state index in [0.717, 1.165) is 0 Å². The van der Waals surface area contributed by atoms with Crippen LogP contribution in [0.3, 0.4) is 0 Å². The molecule has 4 nitrogen and oxygen atoms in total. The first-order valence-electron chi connectivity index (χ1n) is 5.69. The van der Waals surface area contributed by atoms with Gasteiger partial charge in [0.1, 0.15) is 17.5 Å². The first-order chi connectivity index (χ1) is 8.35. The van der Waals surface area contributed by atoms with Crippen molar-refractivity contribution in [1.82, 2.24) is 9.97 Å². The van der Waals surface area contributed by atoms with Crippen molar-refractivity contribution in [2.45, 2.75) is 25.9 Å². The molecule has 0 spiro atoms. The Kier molecular flexibility index (Phi) is 4.75. The van der Waals surface area contributed by atoms with Crippen molar-refractivity contribution in [1.29, 1.82) is 0 Å². The second kappa shape index (κ2) is 5.88. The van der Waals surface area contributed by atoms with Gasteiger partial charge in [-0.3, -0.25) is 0 Å². The summed E-state index contributed by atoms with van der Waals surface area (Å²) in [5, 5.41) is 2.87. The van der Waals surface area contributed by atoms with Crippen molar-refractivity contribution in [2.24, 2.45) is 0 Å². The highest BCUT2D eigenvalue weighted by molar-refractivity contribution is 5.48. The molecule has 0 unspecified atom stereocenters. The van der Waals surface area contributed by atoms with Crippen LogP contribution in [0, 0.1) is 0 Å². The van der Waals surface area contributed by atoms with Crippen LogP contribution in [-0.4, -0.2) is 36.8 Å². The fraction of sp³-hybridized carbons (Fsp3) is 0.636.